The zero-order chi connectivity index (χ0) is 18.9. The van der Waals surface area contributed by atoms with E-state index in [4.69, 9.17) is 0 Å². The summed E-state index contributed by atoms with van der Waals surface area (Å²) in [5, 5.41) is 4.44. The van der Waals surface area contributed by atoms with E-state index in [0.717, 1.165) is 42.3 Å². The fourth-order valence-electron chi connectivity index (χ4n) is 4.54. The Labute approximate surface area is 170 Å². The number of thioether (sulfide) groups is 1. The number of hydrazine groups is 1. The second kappa shape index (κ2) is 8.06. The molecular formula is C21H29N5OS. The van der Waals surface area contributed by atoms with Gasteiger partial charge in [0, 0.05) is 47.2 Å². The number of benzene rings is 1. The number of aromatic amines is 1. The summed E-state index contributed by atoms with van der Waals surface area (Å²) in [6.45, 7) is 2.11. The number of aromatic nitrogens is 1. The molecule has 28 heavy (non-hydrogen) atoms. The molecule has 3 heterocycles. The largest absolute Gasteiger partial charge is 0.360 e. The highest BCUT2D eigenvalue weighted by atomic mass is 32.2. The average molecular weight is 400 g/mol. The molecule has 0 bridgehead atoms. The number of hydrogen-bond acceptors (Lipinski definition) is 5. The molecule has 1 aromatic carbocycles. The molecule has 1 aliphatic carbocycles. The van der Waals surface area contributed by atoms with E-state index in [1.54, 1.807) is 11.8 Å². The molecule has 4 N–H and O–H groups in total. The lowest BCUT2D eigenvalue weighted by Gasteiger charge is -2.35. The number of carbonyl (C=O) groups is 1. The van der Waals surface area contributed by atoms with E-state index in [2.05, 4.69) is 38.2 Å². The number of amides is 1. The fourth-order valence-corrected chi connectivity index (χ4v) is 5.39. The van der Waals surface area contributed by atoms with Crippen molar-refractivity contribution in [3.8, 4) is 0 Å². The highest BCUT2D eigenvalue weighted by Gasteiger charge is 2.39. The first kappa shape index (κ1) is 18.5. The number of likely N-dealkylation sites (tertiary alicyclic amines) is 1. The second-order valence-electron chi connectivity index (χ2n) is 8.35. The Morgan fingerprint density at radius 2 is 1.96 bits per heavy atom. The Morgan fingerprint density at radius 1 is 1.14 bits per heavy atom. The van der Waals surface area contributed by atoms with E-state index in [0.29, 0.717) is 24.0 Å². The third-order valence-electron chi connectivity index (χ3n) is 6.35. The van der Waals surface area contributed by atoms with Gasteiger partial charge in [-0.15, -0.1) is 11.8 Å². The predicted octanol–water partition coefficient (Wildman–Crippen LogP) is 2.44. The van der Waals surface area contributed by atoms with Crippen molar-refractivity contribution in [1.29, 1.82) is 0 Å². The predicted molar refractivity (Wildman–Crippen MR) is 113 cm³/mol. The van der Waals surface area contributed by atoms with Gasteiger partial charge >= 0.3 is 0 Å². The van der Waals surface area contributed by atoms with Crippen LogP contribution < -0.4 is 16.2 Å². The van der Waals surface area contributed by atoms with Crippen molar-refractivity contribution in [3.05, 3.63) is 30.5 Å². The van der Waals surface area contributed by atoms with Gasteiger partial charge in [-0.1, -0.05) is 18.2 Å². The van der Waals surface area contributed by atoms with E-state index in [-0.39, 0.29) is 5.91 Å². The van der Waals surface area contributed by atoms with Crippen LogP contribution in [0.3, 0.4) is 0 Å². The summed E-state index contributed by atoms with van der Waals surface area (Å²) < 4.78 is 0. The highest BCUT2D eigenvalue weighted by molar-refractivity contribution is 8.00. The number of hydrogen-bond donors (Lipinski definition) is 4. The quantitative estimate of drug-likeness (QED) is 0.562. The van der Waals surface area contributed by atoms with Crippen LogP contribution in [0, 0.1) is 5.92 Å². The maximum Gasteiger partial charge on any atom is 0.230 e. The molecule has 2 saturated heterocycles. The summed E-state index contributed by atoms with van der Waals surface area (Å²) in [5.41, 5.74) is 8.09. The number of piperidine rings is 1. The van der Waals surface area contributed by atoms with Crippen molar-refractivity contribution in [1.82, 2.24) is 26.1 Å². The molecule has 2 aliphatic heterocycles. The lowest BCUT2D eigenvalue weighted by molar-refractivity contribution is -0.119. The first-order valence-corrected chi connectivity index (χ1v) is 11.5. The highest BCUT2D eigenvalue weighted by Crippen LogP contribution is 2.36. The van der Waals surface area contributed by atoms with Crippen LogP contribution in [-0.4, -0.2) is 52.9 Å². The summed E-state index contributed by atoms with van der Waals surface area (Å²) in [5.74, 6) is 1.51. The van der Waals surface area contributed by atoms with E-state index in [1.807, 2.05) is 18.3 Å². The van der Waals surface area contributed by atoms with Crippen LogP contribution in [-0.2, 0) is 4.79 Å². The molecule has 1 saturated carbocycles. The van der Waals surface area contributed by atoms with E-state index in [1.165, 1.54) is 24.6 Å². The van der Waals surface area contributed by atoms with Crippen molar-refractivity contribution < 1.29 is 4.79 Å². The number of nitrogens with one attached hydrogen (secondary N) is 4. The van der Waals surface area contributed by atoms with Gasteiger partial charge in [-0.2, -0.15) is 0 Å². The number of fused-ring (bicyclic) bond motifs is 1. The summed E-state index contributed by atoms with van der Waals surface area (Å²) in [6, 6.07) is 9.19. The van der Waals surface area contributed by atoms with Gasteiger partial charge in [-0.05, 0) is 44.1 Å². The minimum Gasteiger partial charge on any atom is -0.360 e. The zero-order valence-corrected chi connectivity index (χ0v) is 16.9. The van der Waals surface area contributed by atoms with Crippen LogP contribution in [0.15, 0.2) is 35.4 Å². The molecule has 1 amide bonds. The van der Waals surface area contributed by atoms with E-state index in [9.17, 15) is 4.79 Å². The lowest BCUT2D eigenvalue weighted by atomic mass is 10.0. The van der Waals surface area contributed by atoms with Gasteiger partial charge in [0.1, 0.15) is 0 Å². The third kappa shape index (κ3) is 4.08. The van der Waals surface area contributed by atoms with Gasteiger partial charge in [0.2, 0.25) is 5.91 Å². The molecule has 0 spiro atoms. The molecule has 6 nitrogen and oxygen atoms in total. The smallest absolute Gasteiger partial charge is 0.230 e. The molecule has 2 unspecified atom stereocenters. The molecule has 3 fully saturated rings. The molecular weight excluding hydrogens is 370 g/mol. The minimum absolute atomic E-state index is 0.142. The Balaban J connectivity index is 1.05. The number of H-pyrrole nitrogens is 1. The summed E-state index contributed by atoms with van der Waals surface area (Å²) in [6.07, 6.45) is 8.51. The topological polar surface area (TPSA) is 72.2 Å². The maximum absolute atomic E-state index is 12.4. The van der Waals surface area contributed by atoms with Gasteiger partial charge < -0.3 is 10.3 Å². The summed E-state index contributed by atoms with van der Waals surface area (Å²) in [7, 11) is 0. The van der Waals surface area contributed by atoms with E-state index >= 15 is 0 Å². The minimum atomic E-state index is 0.142. The van der Waals surface area contributed by atoms with Crippen LogP contribution in [0.5, 0.6) is 0 Å². The number of carbonyl (C=O) groups excluding carboxylic acids is 1. The monoisotopic (exact) mass is 399 g/mol. The summed E-state index contributed by atoms with van der Waals surface area (Å²) >= 11 is 1.61. The van der Waals surface area contributed by atoms with Gasteiger partial charge in [0.15, 0.2) is 0 Å². The first-order valence-electron chi connectivity index (χ1n) is 10.5. The van der Waals surface area contributed by atoms with Crippen molar-refractivity contribution in [3.63, 3.8) is 0 Å². The maximum atomic E-state index is 12.4. The van der Waals surface area contributed by atoms with Crippen molar-refractivity contribution in [2.24, 2.45) is 5.92 Å². The average Bonchev–Trinajstić information content (AvgIpc) is 3.31. The van der Waals surface area contributed by atoms with Gasteiger partial charge in [-0.3, -0.25) is 15.1 Å². The van der Waals surface area contributed by atoms with E-state index < -0.39 is 0 Å². The lowest BCUT2D eigenvalue weighted by Crippen LogP contribution is -2.51. The van der Waals surface area contributed by atoms with Crippen LogP contribution in [0.25, 0.3) is 10.9 Å². The standard InChI is InChI=1S/C21H29N5OS/c27-21(13-28-19-12-22-17-4-2-1-3-16(17)19)23-15-7-9-26(10-8-15)20-11-18(24-25-20)14-5-6-14/h1-4,12,14-15,18,20,22,24-25H,5-11,13H2,(H,23,27). The van der Waals surface area contributed by atoms with Crippen LogP contribution in [0.1, 0.15) is 32.1 Å². The Kier molecular flexibility index (Phi) is 5.32. The Bertz CT molecular complexity index is 827. The van der Waals surface area contributed by atoms with Crippen molar-refractivity contribution in [2.75, 3.05) is 18.8 Å². The molecule has 7 heteroatoms. The van der Waals surface area contributed by atoms with Crippen LogP contribution in [0.2, 0.25) is 0 Å². The van der Waals surface area contributed by atoms with Crippen molar-refractivity contribution >= 4 is 28.6 Å². The fraction of sp³-hybridized carbons (Fsp3) is 0.571. The Morgan fingerprint density at radius 3 is 2.79 bits per heavy atom. The first-order chi connectivity index (χ1) is 13.8. The number of para-hydroxylation sites is 1. The van der Waals surface area contributed by atoms with Gasteiger partial charge in [0.25, 0.3) is 0 Å². The summed E-state index contributed by atoms with van der Waals surface area (Å²) in [4.78, 5) is 19.4. The number of nitrogens with zero attached hydrogens (tertiary/aromatic N) is 1. The molecule has 3 aliphatic rings. The van der Waals surface area contributed by atoms with Crippen LogP contribution in [0.4, 0.5) is 0 Å². The molecule has 2 atom stereocenters. The normalized spacial score (nSPS) is 26.7. The molecule has 150 valence electrons. The molecule has 5 rings (SSSR count). The number of rotatable bonds is 6. The van der Waals surface area contributed by atoms with Gasteiger partial charge in [0.05, 0.1) is 11.9 Å². The Hall–Kier alpha value is -1.54. The van der Waals surface area contributed by atoms with Crippen LogP contribution >= 0.6 is 11.8 Å². The second-order valence-corrected chi connectivity index (χ2v) is 9.37. The SMILES string of the molecule is O=C(CSc1c[nH]c2ccccc12)NC1CCN(C2CC(C3CC3)NN2)CC1. The molecule has 1 aromatic heterocycles. The molecule has 2 aromatic rings. The third-order valence-corrected chi connectivity index (χ3v) is 7.40. The van der Waals surface area contributed by atoms with Gasteiger partial charge in [-0.25, -0.2) is 5.43 Å². The molecule has 0 radical (unpaired) electrons. The zero-order valence-electron chi connectivity index (χ0n) is 16.1. The van der Waals surface area contributed by atoms with Crippen molar-refractivity contribution in [2.45, 2.75) is 55.2 Å².